The molecule has 0 fully saturated rings. The van der Waals surface area contributed by atoms with Gasteiger partial charge in [-0.15, -0.1) is 0 Å². The zero-order valence-electron chi connectivity index (χ0n) is 11.7. The molecule has 1 heterocycles. The second-order valence-corrected chi connectivity index (χ2v) is 5.40. The van der Waals surface area contributed by atoms with E-state index in [-0.39, 0.29) is 6.10 Å². The maximum absolute atomic E-state index is 5.32. The number of halogens is 1. The summed E-state index contributed by atoms with van der Waals surface area (Å²) >= 11 is 3.56. The SMILES string of the molecule is COCC(CNCc1ccc(Br)c2cccnc12)OC. The van der Waals surface area contributed by atoms with Gasteiger partial charge in [-0.3, -0.25) is 4.98 Å². The van der Waals surface area contributed by atoms with E-state index < -0.39 is 0 Å². The number of benzene rings is 1. The van der Waals surface area contributed by atoms with Crippen LogP contribution in [-0.4, -0.2) is 38.5 Å². The quantitative estimate of drug-likeness (QED) is 0.842. The molecule has 0 aliphatic carbocycles. The first-order valence-corrected chi connectivity index (χ1v) is 7.30. The van der Waals surface area contributed by atoms with E-state index in [9.17, 15) is 0 Å². The van der Waals surface area contributed by atoms with Gasteiger partial charge in [-0.1, -0.05) is 28.1 Å². The number of hydrogen-bond donors (Lipinski definition) is 1. The van der Waals surface area contributed by atoms with Crippen LogP contribution in [0.2, 0.25) is 0 Å². The number of nitrogens with one attached hydrogen (secondary N) is 1. The molecular weight excluding hydrogens is 320 g/mol. The molecule has 1 aromatic heterocycles. The molecule has 0 aliphatic heterocycles. The van der Waals surface area contributed by atoms with Gasteiger partial charge in [0, 0.05) is 43.4 Å². The maximum Gasteiger partial charge on any atom is 0.0928 e. The lowest BCUT2D eigenvalue weighted by molar-refractivity contribution is 0.0288. The summed E-state index contributed by atoms with van der Waals surface area (Å²) in [5, 5.41) is 4.52. The molecule has 5 heteroatoms. The number of fused-ring (bicyclic) bond motifs is 1. The number of nitrogens with zero attached hydrogens (tertiary/aromatic N) is 1. The number of methoxy groups -OCH3 is 2. The van der Waals surface area contributed by atoms with Crippen molar-refractivity contribution >= 4 is 26.8 Å². The van der Waals surface area contributed by atoms with Crippen molar-refractivity contribution in [3.63, 3.8) is 0 Å². The summed E-state index contributed by atoms with van der Waals surface area (Å²) in [6.07, 6.45) is 1.89. The average Bonchev–Trinajstić information content (AvgIpc) is 2.49. The van der Waals surface area contributed by atoms with Crippen molar-refractivity contribution < 1.29 is 9.47 Å². The first-order chi connectivity index (χ1) is 9.76. The number of rotatable bonds is 7. The molecule has 1 aromatic carbocycles. The molecular formula is C15H19BrN2O2. The molecule has 1 N–H and O–H groups in total. The van der Waals surface area contributed by atoms with Crippen molar-refractivity contribution in [3.05, 3.63) is 40.5 Å². The van der Waals surface area contributed by atoms with E-state index in [1.807, 2.05) is 12.3 Å². The fourth-order valence-corrected chi connectivity index (χ4v) is 2.56. The Balaban J connectivity index is 2.05. The Morgan fingerprint density at radius 3 is 2.90 bits per heavy atom. The van der Waals surface area contributed by atoms with Gasteiger partial charge in [0.25, 0.3) is 0 Å². The molecule has 0 aliphatic rings. The smallest absolute Gasteiger partial charge is 0.0928 e. The summed E-state index contributed by atoms with van der Waals surface area (Å²) in [6.45, 7) is 2.09. The molecule has 108 valence electrons. The fourth-order valence-electron chi connectivity index (χ4n) is 2.10. The number of ether oxygens (including phenoxy) is 2. The Morgan fingerprint density at radius 1 is 1.30 bits per heavy atom. The molecule has 0 bridgehead atoms. The van der Waals surface area contributed by atoms with Gasteiger partial charge in [-0.25, -0.2) is 0 Å². The average molecular weight is 339 g/mol. The second-order valence-electron chi connectivity index (χ2n) is 4.55. The van der Waals surface area contributed by atoms with E-state index in [2.05, 4.69) is 44.4 Å². The lowest BCUT2D eigenvalue weighted by Gasteiger charge is -2.15. The van der Waals surface area contributed by atoms with E-state index in [1.54, 1.807) is 14.2 Å². The zero-order valence-corrected chi connectivity index (χ0v) is 13.3. The first kappa shape index (κ1) is 15.4. The molecule has 4 nitrogen and oxygen atoms in total. The first-order valence-electron chi connectivity index (χ1n) is 6.50. The zero-order chi connectivity index (χ0) is 14.4. The highest BCUT2D eigenvalue weighted by molar-refractivity contribution is 9.10. The third-order valence-electron chi connectivity index (χ3n) is 3.17. The molecule has 0 spiro atoms. The van der Waals surface area contributed by atoms with Crippen LogP contribution in [0.4, 0.5) is 0 Å². The van der Waals surface area contributed by atoms with Gasteiger partial charge < -0.3 is 14.8 Å². The van der Waals surface area contributed by atoms with Crippen LogP contribution in [0.3, 0.4) is 0 Å². The Kier molecular flexibility index (Phi) is 5.91. The highest BCUT2D eigenvalue weighted by Crippen LogP contribution is 2.25. The van der Waals surface area contributed by atoms with Crippen molar-refractivity contribution in [1.29, 1.82) is 0 Å². The van der Waals surface area contributed by atoms with Crippen LogP contribution in [0.15, 0.2) is 34.9 Å². The lowest BCUT2D eigenvalue weighted by Crippen LogP contribution is -2.31. The van der Waals surface area contributed by atoms with Gasteiger partial charge in [0.1, 0.15) is 0 Å². The standard InChI is InChI=1S/C15H19BrN2O2/c1-19-10-12(20-2)9-17-8-11-5-6-14(16)13-4-3-7-18-15(11)13/h3-7,12,17H,8-10H2,1-2H3. The summed E-state index contributed by atoms with van der Waals surface area (Å²) in [7, 11) is 3.38. The van der Waals surface area contributed by atoms with Gasteiger partial charge in [0.15, 0.2) is 0 Å². The van der Waals surface area contributed by atoms with Gasteiger partial charge in [0.05, 0.1) is 18.2 Å². The molecule has 20 heavy (non-hydrogen) atoms. The summed E-state index contributed by atoms with van der Waals surface area (Å²) in [5.74, 6) is 0. The third kappa shape index (κ3) is 3.76. The molecule has 1 unspecified atom stereocenters. The van der Waals surface area contributed by atoms with Crippen LogP contribution in [0.25, 0.3) is 10.9 Å². The van der Waals surface area contributed by atoms with Crippen LogP contribution in [-0.2, 0) is 16.0 Å². The number of aromatic nitrogens is 1. The molecule has 1 atom stereocenters. The van der Waals surface area contributed by atoms with Gasteiger partial charge in [-0.05, 0) is 17.7 Å². The summed E-state index contributed by atoms with van der Waals surface area (Å²) in [4.78, 5) is 4.47. The number of hydrogen-bond acceptors (Lipinski definition) is 4. The fraction of sp³-hybridized carbons (Fsp3) is 0.400. The van der Waals surface area contributed by atoms with Crippen molar-refractivity contribution in [2.24, 2.45) is 0 Å². The van der Waals surface area contributed by atoms with Crippen LogP contribution < -0.4 is 5.32 Å². The van der Waals surface area contributed by atoms with E-state index in [0.717, 1.165) is 28.5 Å². The Bertz CT molecular complexity index is 563. The second kappa shape index (κ2) is 7.69. The number of pyridine rings is 1. The normalized spacial score (nSPS) is 12.8. The van der Waals surface area contributed by atoms with Crippen molar-refractivity contribution in [2.45, 2.75) is 12.6 Å². The van der Waals surface area contributed by atoms with E-state index in [4.69, 9.17) is 9.47 Å². The predicted octanol–water partition coefficient (Wildman–Crippen LogP) is 2.75. The minimum absolute atomic E-state index is 0.0645. The van der Waals surface area contributed by atoms with Crippen LogP contribution in [0.5, 0.6) is 0 Å². The highest BCUT2D eigenvalue weighted by atomic mass is 79.9. The summed E-state index contributed by atoms with van der Waals surface area (Å²) < 4.78 is 11.5. The van der Waals surface area contributed by atoms with E-state index in [1.165, 1.54) is 5.56 Å². The molecule has 2 rings (SSSR count). The Labute approximate surface area is 127 Å². The molecule has 0 radical (unpaired) electrons. The molecule has 2 aromatic rings. The van der Waals surface area contributed by atoms with Gasteiger partial charge in [0.2, 0.25) is 0 Å². The van der Waals surface area contributed by atoms with Crippen LogP contribution in [0.1, 0.15) is 5.56 Å². The van der Waals surface area contributed by atoms with E-state index >= 15 is 0 Å². The van der Waals surface area contributed by atoms with Crippen molar-refractivity contribution in [1.82, 2.24) is 10.3 Å². The molecule has 0 saturated heterocycles. The largest absolute Gasteiger partial charge is 0.382 e. The van der Waals surface area contributed by atoms with E-state index in [0.29, 0.717) is 6.61 Å². The summed E-state index contributed by atoms with van der Waals surface area (Å²) in [5.41, 5.74) is 2.20. The lowest BCUT2D eigenvalue weighted by atomic mass is 10.1. The van der Waals surface area contributed by atoms with Crippen molar-refractivity contribution in [3.8, 4) is 0 Å². The third-order valence-corrected chi connectivity index (χ3v) is 3.86. The monoisotopic (exact) mass is 338 g/mol. The van der Waals surface area contributed by atoms with Crippen molar-refractivity contribution in [2.75, 3.05) is 27.4 Å². The van der Waals surface area contributed by atoms with Gasteiger partial charge in [-0.2, -0.15) is 0 Å². The van der Waals surface area contributed by atoms with Gasteiger partial charge >= 0.3 is 0 Å². The van der Waals surface area contributed by atoms with Crippen LogP contribution >= 0.6 is 15.9 Å². The van der Waals surface area contributed by atoms with Crippen LogP contribution in [0, 0.1) is 0 Å². The Hall–Kier alpha value is -1.01. The minimum Gasteiger partial charge on any atom is -0.382 e. The Morgan fingerprint density at radius 2 is 2.15 bits per heavy atom. The predicted molar refractivity (Wildman–Crippen MR) is 83.8 cm³/mol. The minimum atomic E-state index is 0.0645. The maximum atomic E-state index is 5.32. The molecule has 0 saturated carbocycles. The summed E-state index contributed by atoms with van der Waals surface area (Å²) in [6, 6.07) is 8.16. The highest BCUT2D eigenvalue weighted by Gasteiger charge is 2.08. The topological polar surface area (TPSA) is 43.4 Å². The molecule has 0 amide bonds.